The molecule has 0 saturated carbocycles. The number of hydrogen-bond acceptors (Lipinski definition) is 3. The molecular formula is C16H14N2O2. The lowest BCUT2D eigenvalue weighted by Gasteiger charge is -2.05. The highest BCUT2D eigenvalue weighted by Gasteiger charge is 2.17. The number of aryl methyl sites for hydroxylation is 1. The van der Waals surface area contributed by atoms with Crippen LogP contribution >= 0.6 is 0 Å². The number of nitrogens with zero attached hydrogens (tertiary/aromatic N) is 2. The van der Waals surface area contributed by atoms with Crippen LogP contribution in [0.15, 0.2) is 48.9 Å². The smallest absolute Gasteiger partial charge is 0.340 e. The van der Waals surface area contributed by atoms with Crippen molar-refractivity contribution >= 4 is 16.9 Å². The van der Waals surface area contributed by atoms with E-state index in [1.807, 2.05) is 41.9 Å². The van der Waals surface area contributed by atoms with Crippen LogP contribution < -0.4 is 0 Å². The van der Waals surface area contributed by atoms with Gasteiger partial charge in [0.25, 0.3) is 0 Å². The summed E-state index contributed by atoms with van der Waals surface area (Å²) in [6, 6.07) is 9.82. The highest BCUT2D eigenvalue weighted by molar-refractivity contribution is 6.10. The van der Waals surface area contributed by atoms with Crippen molar-refractivity contribution in [2.75, 3.05) is 7.11 Å². The van der Waals surface area contributed by atoms with Gasteiger partial charge in [0, 0.05) is 42.1 Å². The summed E-state index contributed by atoms with van der Waals surface area (Å²) in [6.07, 6.45) is 5.33. The van der Waals surface area contributed by atoms with Crippen molar-refractivity contribution in [2.24, 2.45) is 7.05 Å². The number of rotatable bonds is 2. The van der Waals surface area contributed by atoms with E-state index in [2.05, 4.69) is 4.98 Å². The Hall–Kier alpha value is -2.62. The number of benzene rings is 1. The van der Waals surface area contributed by atoms with Gasteiger partial charge in [-0.2, -0.15) is 0 Å². The van der Waals surface area contributed by atoms with Crippen LogP contribution in [0.2, 0.25) is 0 Å². The van der Waals surface area contributed by atoms with Crippen molar-refractivity contribution in [1.29, 1.82) is 0 Å². The number of aromatic nitrogens is 2. The minimum atomic E-state index is -0.327. The van der Waals surface area contributed by atoms with Crippen LogP contribution in [0.1, 0.15) is 10.4 Å². The Morgan fingerprint density at radius 3 is 2.80 bits per heavy atom. The topological polar surface area (TPSA) is 44.1 Å². The number of methoxy groups -OCH3 is 1. The van der Waals surface area contributed by atoms with Crippen LogP contribution in [0.5, 0.6) is 0 Å². The molecule has 0 N–H and O–H groups in total. The highest BCUT2D eigenvalue weighted by atomic mass is 16.5. The summed E-state index contributed by atoms with van der Waals surface area (Å²) in [4.78, 5) is 16.1. The van der Waals surface area contributed by atoms with Crippen LogP contribution in [-0.4, -0.2) is 22.6 Å². The standard InChI is InChI=1S/C16H14N2O2/c1-18-10-13(16(19)20-2)15-12(6-3-7-14(15)18)11-5-4-8-17-9-11/h3-10H,1-2H3. The van der Waals surface area contributed by atoms with Crippen LogP contribution in [0.25, 0.3) is 22.0 Å². The molecule has 1 aromatic carbocycles. The van der Waals surface area contributed by atoms with Gasteiger partial charge in [-0.15, -0.1) is 0 Å². The fourth-order valence-corrected chi connectivity index (χ4v) is 2.47. The van der Waals surface area contributed by atoms with Gasteiger partial charge in [-0.3, -0.25) is 4.98 Å². The van der Waals surface area contributed by atoms with E-state index in [0.29, 0.717) is 5.56 Å². The largest absolute Gasteiger partial charge is 0.465 e. The third-order valence-electron chi connectivity index (χ3n) is 3.39. The second kappa shape index (κ2) is 4.81. The lowest BCUT2D eigenvalue weighted by atomic mass is 10.0. The third kappa shape index (κ3) is 1.86. The van der Waals surface area contributed by atoms with Gasteiger partial charge in [0.1, 0.15) is 0 Å². The maximum atomic E-state index is 12.0. The molecule has 3 aromatic rings. The number of carbonyl (C=O) groups is 1. The Bertz CT molecular complexity index is 776. The number of fused-ring (bicyclic) bond motifs is 1. The molecule has 0 saturated heterocycles. The van der Waals surface area contributed by atoms with Crippen molar-refractivity contribution in [3.05, 3.63) is 54.5 Å². The van der Waals surface area contributed by atoms with Crippen molar-refractivity contribution in [3.8, 4) is 11.1 Å². The zero-order valence-corrected chi connectivity index (χ0v) is 11.3. The first-order valence-electron chi connectivity index (χ1n) is 6.29. The molecule has 3 rings (SSSR count). The van der Waals surface area contributed by atoms with Crippen LogP contribution in [0.3, 0.4) is 0 Å². The molecule has 0 aliphatic carbocycles. The van der Waals surface area contributed by atoms with Crippen molar-refractivity contribution < 1.29 is 9.53 Å². The molecule has 100 valence electrons. The van der Waals surface area contributed by atoms with Crippen molar-refractivity contribution in [1.82, 2.24) is 9.55 Å². The SMILES string of the molecule is COC(=O)c1cn(C)c2cccc(-c3cccnc3)c12. The molecule has 0 fully saturated rings. The Balaban J connectivity index is 2.36. The van der Waals surface area contributed by atoms with Gasteiger partial charge in [0.15, 0.2) is 0 Å². The molecule has 0 aliphatic rings. The summed E-state index contributed by atoms with van der Waals surface area (Å²) in [6.45, 7) is 0. The van der Waals surface area contributed by atoms with Gasteiger partial charge in [-0.25, -0.2) is 4.79 Å². The molecular weight excluding hydrogens is 252 g/mol. The molecule has 4 nitrogen and oxygen atoms in total. The van der Waals surface area contributed by atoms with Gasteiger partial charge >= 0.3 is 5.97 Å². The Morgan fingerprint density at radius 2 is 2.10 bits per heavy atom. The molecule has 0 bridgehead atoms. The van der Waals surface area contributed by atoms with Gasteiger partial charge in [-0.1, -0.05) is 18.2 Å². The zero-order valence-electron chi connectivity index (χ0n) is 11.3. The molecule has 2 aromatic heterocycles. The first-order valence-corrected chi connectivity index (χ1v) is 6.29. The second-order valence-electron chi connectivity index (χ2n) is 4.59. The molecule has 0 amide bonds. The lowest BCUT2D eigenvalue weighted by Crippen LogP contribution is -2.00. The molecule has 20 heavy (non-hydrogen) atoms. The molecule has 0 atom stereocenters. The summed E-state index contributed by atoms with van der Waals surface area (Å²) in [5.74, 6) is -0.327. The molecule has 4 heteroatoms. The van der Waals surface area contributed by atoms with E-state index < -0.39 is 0 Å². The summed E-state index contributed by atoms with van der Waals surface area (Å²) in [7, 11) is 3.32. The zero-order chi connectivity index (χ0) is 14.1. The summed E-state index contributed by atoms with van der Waals surface area (Å²) in [5.41, 5.74) is 3.53. The Morgan fingerprint density at radius 1 is 1.25 bits per heavy atom. The quantitative estimate of drug-likeness (QED) is 0.670. The first kappa shape index (κ1) is 12.4. The second-order valence-corrected chi connectivity index (χ2v) is 4.59. The fraction of sp³-hybridized carbons (Fsp3) is 0.125. The number of esters is 1. The van der Waals surface area contributed by atoms with E-state index in [1.54, 1.807) is 18.6 Å². The highest BCUT2D eigenvalue weighted by Crippen LogP contribution is 2.32. The average Bonchev–Trinajstić information content (AvgIpc) is 2.85. The molecule has 0 spiro atoms. The van der Waals surface area contributed by atoms with E-state index in [0.717, 1.165) is 22.0 Å². The number of ether oxygens (including phenoxy) is 1. The summed E-state index contributed by atoms with van der Waals surface area (Å²) in [5, 5.41) is 0.898. The number of carbonyl (C=O) groups excluding carboxylic acids is 1. The summed E-state index contributed by atoms with van der Waals surface area (Å²) < 4.78 is 6.81. The number of pyridine rings is 1. The minimum Gasteiger partial charge on any atom is -0.465 e. The normalized spacial score (nSPS) is 10.7. The van der Waals surface area contributed by atoms with E-state index in [9.17, 15) is 4.79 Å². The maximum Gasteiger partial charge on any atom is 0.340 e. The average molecular weight is 266 g/mol. The Kier molecular flexibility index (Phi) is 2.99. The third-order valence-corrected chi connectivity index (χ3v) is 3.39. The predicted octanol–water partition coefficient (Wildman–Crippen LogP) is 3.03. The van der Waals surface area contributed by atoms with Crippen LogP contribution in [-0.2, 0) is 11.8 Å². The van der Waals surface area contributed by atoms with Crippen molar-refractivity contribution in [3.63, 3.8) is 0 Å². The maximum absolute atomic E-state index is 12.0. The summed E-state index contributed by atoms with van der Waals surface area (Å²) >= 11 is 0. The van der Waals surface area contributed by atoms with Crippen LogP contribution in [0, 0.1) is 0 Å². The van der Waals surface area contributed by atoms with Crippen LogP contribution in [0.4, 0.5) is 0 Å². The molecule has 0 radical (unpaired) electrons. The first-order chi connectivity index (χ1) is 9.72. The molecule has 0 unspecified atom stereocenters. The Labute approximate surface area is 116 Å². The monoisotopic (exact) mass is 266 g/mol. The lowest BCUT2D eigenvalue weighted by molar-refractivity contribution is 0.0603. The molecule has 2 heterocycles. The van der Waals surface area contributed by atoms with Crippen molar-refractivity contribution in [2.45, 2.75) is 0 Å². The van der Waals surface area contributed by atoms with E-state index >= 15 is 0 Å². The van der Waals surface area contributed by atoms with E-state index in [1.165, 1.54) is 7.11 Å². The van der Waals surface area contributed by atoms with Gasteiger partial charge in [0.2, 0.25) is 0 Å². The molecule has 0 aliphatic heterocycles. The van der Waals surface area contributed by atoms with E-state index in [-0.39, 0.29) is 5.97 Å². The van der Waals surface area contributed by atoms with Gasteiger partial charge in [0.05, 0.1) is 12.7 Å². The fourth-order valence-electron chi connectivity index (χ4n) is 2.47. The predicted molar refractivity (Wildman–Crippen MR) is 77.5 cm³/mol. The number of hydrogen-bond donors (Lipinski definition) is 0. The van der Waals surface area contributed by atoms with Gasteiger partial charge < -0.3 is 9.30 Å². The van der Waals surface area contributed by atoms with E-state index in [4.69, 9.17) is 4.74 Å². The van der Waals surface area contributed by atoms with Gasteiger partial charge in [-0.05, 0) is 17.7 Å². The minimum absolute atomic E-state index is 0.327.